The normalized spacial score (nSPS) is 14.5. The Labute approximate surface area is 274 Å². The summed E-state index contributed by atoms with van der Waals surface area (Å²) in [5.41, 5.74) is 6.37. The molecule has 46 heavy (non-hydrogen) atoms. The molecule has 0 saturated carbocycles. The van der Waals surface area contributed by atoms with E-state index in [2.05, 4.69) is 10.6 Å². The maximum absolute atomic E-state index is 14.4. The molecule has 0 N–H and O–H groups in total. The smallest absolute Gasteiger partial charge is 0.338 e. The number of fused-ring (bicyclic) bond motifs is 1. The quantitative estimate of drug-likeness (QED) is 0.205. The van der Waals surface area contributed by atoms with Crippen LogP contribution < -0.4 is 19.6 Å². The van der Waals surface area contributed by atoms with E-state index >= 15 is 0 Å². The van der Waals surface area contributed by atoms with Crippen molar-refractivity contribution in [3.63, 3.8) is 0 Å². The molecule has 0 unspecified atom stereocenters. The maximum Gasteiger partial charge on any atom is 0.338 e. The molecule has 0 saturated heterocycles. The topological polar surface area (TPSA) is 98.6 Å². The van der Waals surface area contributed by atoms with E-state index in [4.69, 9.17) is 14.5 Å². The van der Waals surface area contributed by atoms with E-state index < -0.39 is 12.0 Å². The van der Waals surface area contributed by atoms with Crippen LogP contribution in [-0.2, 0) is 9.53 Å². The minimum absolute atomic E-state index is 0.177. The lowest BCUT2D eigenvalue weighted by Crippen LogP contribution is -2.40. The van der Waals surface area contributed by atoms with E-state index in [9.17, 15) is 14.9 Å². The highest BCUT2D eigenvalue weighted by Gasteiger charge is 2.35. The number of nitriles is 1. The van der Waals surface area contributed by atoms with Crippen LogP contribution >= 0.6 is 22.7 Å². The zero-order chi connectivity index (χ0) is 32.7. The largest absolute Gasteiger partial charge is 0.497 e. The Balaban J connectivity index is 1.60. The number of aryl methyl sites for hydroxylation is 2. The number of aromatic nitrogens is 2. The van der Waals surface area contributed by atoms with Crippen LogP contribution in [0, 0.1) is 39.0 Å². The molecule has 0 aliphatic carbocycles. The fraction of sp³-hybridized carbons (Fsp3) is 0.222. The van der Waals surface area contributed by atoms with E-state index in [0.29, 0.717) is 31.9 Å². The van der Waals surface area contributed by atoms with Gasteiger partial charge < -0.3 is 14.0 Å². The number of benzene rings is 2. The van der Waals surface area contributed by atoms with Gasteiger partial charge in [-0.15, -0.1) is 11.3 Å². The number of rotatable bonds is 7. The standard InChI is InChI=1S/C36H32N4O4S2/c1-7-44-35(42)30-31(24-11-9-8-10-12-24)38-36-40(32(30)25-13-15-27(43-6)16-14-25)33(41)29(46-36)18-26-17-20(2)39(22(26)4)34-28(19-37)21(3)23(5)45-34/h8-18,32H,7H2,1-6H3/b29-18+/t32-/m1/s1. The summed E-state index contributed by atoms with van der Waals surface area (Å²) >= 11 is 2.87. The van der Waals surface area contributed by atoms with Gasteiger partial charge in [0.2, 0.25) is 0 Å². The van der Waals surface area contributed by atoms with Gasteiger partial charge in [-0.25, -0.2) is 9.79 Å². The van der Waals surface area contributed by atoms with Crippen LogP contribution in [0.1, 0.15) is 57.0 Å². The van der Waals surface area contributed by atoms with Crippen LogP contribution in [0.5, 0.6) is 5.75 Å². The van der Waals surface area contributed by atoms with Crippen molar-refractivity contribution in [1.82, 2.24) is 9.13 Å². The third kappa shape index (κ3) is 5.21. The van der Waals surface area contributed by atoms with Crippen molar-refractivity contribution in [3.05, 3.63) is 130 Å². The third-order valence-corrected chi connectivity index (χ3v) is 10.4. The SMILES string of the molecule is CCOC(=O)C1=C(c2ccccc2)N=c2s/c(=C/c3cc(C)n(-c4sc(C)c(C)c4C#N)c3C)c(=O)n2[C@@H]1c1ccc(OC)cc1. The first-order valence-corrected chi connectivity index (χ1v) is 16.4. The highest BCUT2D eigenvalue weighted by molar-refractivity contribution is 7.15. The van der Waals surface area contributed by atoms with E-state index in [1.807, 2.05) is 94.4 Å². The lowest BCUT2D eigenvalue weighted by atomic mass is 9.93. The molecule has 5 aromatic rings. The molecule has 8 nitrogen and oxygen atoms in total. The van der Waals surface area contributed by atoms with Gasteiger partial charge in [-0.1, -0.05) is 53.8 Å². The lowest BCUT2D eigenvalue weighted by molar-refractivity contribution is -0.138. The molecule has 3 aromatic heterocycles. The van der Waals surface area contributed by atoms with Crippen molar-refractivity contribution >= 4 is 40.4 Å². The summed E-state index contributed by atoms with van der Waals surface area (Å²) in [6.45, 7) is 9.92. The number of thiophene rings is 1. The summed E-state index contributed by atoms with van der Waals surface area (Å²) in [5.74, 6) is 0.130. The number of methoxy groups -OCH3 is 1. The van der Waals surface area contributed by atoms with Crippen molar-refractivity contribution in [2.45, 2.75) is 40.7 Å². The molecule has 1 aliphatic heterocycles. The fourth-order valence-corrected chi connectivity index (χ4v) is 8.04. The molecule has 0 radical (unpaired) electrons. The van der Waals surface area contributed by atoms with Crippen molar-refractivity contribution in [2.75, 3.05) is 13.7 Å². The first-order chi connectivity index (χ1) is 22.2. The zero-order valence-corrected chi connectivity index (χ0v) is 28.0. The lowest BCUT2D eigenvalue weighted by Gasteiger charge is -2.26. The van der Waals surface area contributed by atoms with Crippen LogP contribution in [-0.4, -0.2) is 28.8 Å². The fourth-order valence-electron chi connectivity index (χ4n) is 5.83. The van der Waals surface area contributed by atoms with Crippen LogP contribution in [0.4, 0.5) is 0 Å². The Morgan fingerprint density at radius 1 is 1.07 bits per heavy atom. The number of esters is 1. The predicted molar refractivity (Wildman–Crippen MR) is 181 cm³/mol. The number of nitrogens with zero attached hydrogens (tertiary/aromatic N) is 4. The highest BCUT2D eigenvalue weighted by atomic mass is 32.1. The molecule has 0 spiro atoms. The van der Waals surface area contributed by atoms with Gasteiger partial charge in [-0.05, 0) is 75.6 Å². The van der Waals surface area contributed by atoms with Crippen LogP contribution in [0.3, 0.4) is 0 Å². The summed E-state index contributed by atoms with van der Waals surface area (Å²) in [7, 11) is 1.59. The first-order valence-electron chi connectivity index (χ1n) is 14.8. The summed E-state index contributed by atoms with van der Waals surface area (Å²) in [4.78, 5) is 34.6. The second-order valence-electron chi connectivity index (χ2n) is 10.9. The van der Waals surface area contributed by atoms with Crippen molar-refractivity contribution < 1.29 is 14.3 Å². The minimum atomic E-state index is -0.777. The van der Waals surface area contributed by atoms with Gasteiger partial charge in [-0.2, -0.15) is 5.26 Å². The van der Waals surface area contributed by atoms with E-state index in [1.54, 1.807) is 29.9 Å². The molecule has 4 heterocycles. The Kier molecular flexibility index (Phi) is 8.38. The summed E-state index contributed by atoms with van der Waals surface area (Å²) in [6, 6.07) is 20.5. The van der Waals surface area contributed by atoms with Gasteiger partial charge >= 0.3 is 5.97 Å². The number of carbonyl (C=O) groups is 1. The molecule has 0 fully saturated rings. The number of hydrogen-bond acceptors (Lipinski definition) is 8. The first kappa shape index (κ1) is 31.0. The predicted octanol–water partition coefficient (Wildman–Crippen LogP) is 5.90. The second kappa shape index (κ2) is 12.4. The minimum Gasteiger partial charge on any atom is -0.497 e. The molecule has 10 heteroatoms. The average Bonchev–Trinajstić information content (AvgIpc) is 3.64. The Bertz CT molecular complexity index is 2240. The van der Waals surface area contributed by atoms with Crippen LogP contribution in [0.2, 0.25) is 0 Å². The van der Waals surface area contributed by atoms with Crippen molar-refractivity contribution in [3.8, 4) is 16.8 Å². The van der Waals surface area contributed by atoms with E-state index in [0.717, 1.165) is 43.5 Å². The van der Waals surface area contributed by atoms with Crippen molar-refractivity contribution in [2.24, 2.45) is 4.99 Å². The van der Waals surface area contributed by atoms with Crippen molar-refractivity contribution in [1.29, 1.82) is 5.26 Å². The maximum atomic E-state index is 14.4. The summed E-state index contributed by atoms with van der Waals surface area (Å²) < 4.78 is 15.1. The highest BCUT2D eigenvalue weighted by Crippen LogP contribution is 2.36. The number of carbonyl (C=O) groups excluding carboxylic acids is 1. The zero-order valence-electron chi connectivity index (χ0n) is 26.4. The van der Waals surface area contributed by atoms with E-state index in [1.165, 1.54) is 11.3 Å². The molecule has 2 aromatic carbocycles. The number of thiazole rings is 1. The molecular weight excluding hydrogens is 617 g/mol. The van der Waals surface area contributed by atoms with E-state index in [-0.39, 0.29) is 12.2 Å². The van der Waals surface area contributed by atoms with Gasteiger partial charge in [0.1, 0.15) is 16.8 Å². The van der Waals surface area contributed by atoms with Gasteiger partial charge in [0.05, 0.1) is 41.1 Å². The van der Waals surface area contributed by atoms with Gasteiger partial charge in [0, 0.05) is 21.8 Å². The molecule has 0 bridgehead atoms. The summed E-state index contributed by atoms with van der Waals surface area (Å²) in [5, 5.41) is 10.8. The molecular formula is C36H32N4O4S2. The number of ether oxygens (including phenoxy) is 2. The Morgan fingerprint density at radius 3 is 2.43 bits per heavy atom. The molecule has 6 rings (SSSR count). The van der Waals surface area contributed by atoms with Gasteiger partial charge in [0.25, 0.3) is 5.56 Å². The third-order valence-electron chi connectivity index (χ3n) is 8.24. The van der Waals surface area contributed by atoms with Gasteiger partial charge in [-0.3, -0.25) is 9.36 Å². The Hall–Kier alpha value is -4.98. The molecule has 232 valence electrons. The second-order valence-corrected chi connectivity index (χ2v) is 13.2. The summed E-state index contributed by atoms with van der Waals surface area (Å²) in [6.07, 6.45) is 1.88. The molecule has 0 amide bonds. The monoisotopic (exact) mass is 648 g/mol. The number of hydrogen-bond donors (Lipinski definition) is 0. The Morgan fingerprint density at radius 2 is 1.78 bits per heavy atom. The van der Waals surface area contributed by atoms with Crippen LogP contribution in [0.15, 0.2) is 76.0 Å². The molecule has 1 atom stereocenters. The van der Waals surface area contributed by atoms with Gasteiger partial charge in [0.15, 0.2) is 4.80 Å². The average molecular weight is 649 g/mol. The van der Waals surface area contributed by atoms with Crippen LogP contribution in [0.25, 0.3) is 16.8 Å². The molecule has 1 aliphatic rings.